The Hall–Kier alpha value is -1.82. The van der Waals surface area contributed by atoms with Gasteiger partial charge in [-0.05, 0) is 42.1 Å². The highest BCUT2D eigenvalue weighted by molar-refractivity contribution is 7.99. The number of carbonyl (C=O) groups is 2. The lowest BCUT2D eigenvalue weighted by molar-refractivity contribution is -0.131. The zero-order chi connectivity index (χ0) is 15.2. The molecule has 1 fully saturated rings. The van der Waals surface area contributed by atoms with Gasteiger partial charge in [0.1, 0.15) is 5.82 Å². The molecule has 0 aromatic heterocycles. The van der Waals surface area contributed by atoms with Crippen LogP contribution in [-0.4, -0.2) is 35.0 Å². The first-order valence-corrected chi connectivity index (χ1v) is 7.78. The van der Waals surface area contributed by atoms with E-state index in [1.54, 1.807) is 0 Å². The van der Waals surface area contributed by atoms with Crippen molar-refractivity contribution in [1.29, 1.82) is 0 Å². The van der Waals surface area contributed by atoms with Gasteiger partial charge < -0.3 is 10.4 Å². The van der Waals surface area contributed by atoms with Crippen LogP contribution in [0.2, 0.25) is 0 Å². The number of carbonyl (C=O) groups excluding carboxylic acids is 1. The van der Waals surface area contributed by atoms with E-state index in [2.05, 4.69) is 5.32 Å². The fourth-order valence-corrected chi connectivity index (χ4v) is 3.33. The molecule has 2 N–H and O–H groups in total. The normalized spacial score (nSPS) is 18.0. The molecule has 4 nitrogen and oxygen atoms in total. The molecule has 1 saturated heterocycles. The van der Waals surface area contributed by atoms with Crippen molar-refractivity contribution in [3.8, 4) is 0 Å². The van der Waals surface area contributed by atoms with Crippen LogP contribution in [0, 0.1) is 11.7 Å². The summed E-state index contributed by atoms with van der Waals surface area (Å²) in [4.78, 5) is 22.3. The van der Waals surface area contributed by atoms with Gasteiger partial charge in [-0.2, -0.15) is 11.8 Å². The molecule has 0 saturated carbocycles. The number of nitrogens with one attached hydrogen (secondary N) is 1. The summed E-state index contributed by atoms with van der Waals surface area (Å²) < 4.78 is 13.8. The van der Waals surface area contributed by atoms with Crippen molar-refractivity contribution in [2.75, 3.05) is 18.1 Å². The Kier molecular flexibility index (Phi) is 5.38. The largest absolute Gasteiger partial charge is 0.478 e. The quantitative estimate of drug-likeness (QED) is 0.820. The van der Waals surface area contributed by atoms with Gasteiger partial charge in [-0.15, -0.1) is 0 Å². The first kappa shape index (κ1) is 15.6. The molecule has 112 valence electrons. The number of rotatable bonds is 5. The van der Waals surface area contributed by atoms with Crippen LogP contribution >= 0.6 is 11.8 Å². The van der Waals surface area contributed by atoms with E-state index in [0.717, 1.165) is 36.1 Å². The van der Waals surface area contributed by atoms with Gasteiger partial charge in [-0.1, -0.05) is 6.07 Å². The lowest BCUT2D eigenvalue weighted by Gasteiger charge is -2.10. The average Bonchev–Trinajstić information content (AvgIpc) is 2.96. The van der Waals surface area contributed by atoms with Crippen LogP contribution in [-0.2, 0) is 4.79 Å². The van der Waals surface area contributed by atoms with Gasteiger partial charge in [0.2, 0.25) is 0 Å². The minimum atomic E-state index is -1.15. The third-order valence-corrected chi connectivity index (χ3v) is 4.47. The Morgan fingerprint density at radius 2 is 2.29 bits per heavy atom. The number of thioether (sulfide) groups is 1. The number of carboxylic acid groups (broad SMARTS) is 1. The highest BCUT2D eigenvalue weighted by Crippen LogP contribution is 2.22. The summed E-state index contributed by atoms with van der Waals surface area (Å²) in [5, 5.41) is 11.3. The number of hydrogen-bond acceptors (Lipinski definition) is 3. The molecule has 0 bridgehead atoms. The fourth-order valence-electron chi connectivity index (χ4n) is 2.05. The lowest BCUT2D eigenvalue weighted by Crippen LogP contribution is -2.29. The van der Waals surface area contributed by atoms with E-state index in [-0.39, 0.29) is 17.0 Å². The Bertz CT molecular complexity index is 568. The second kappa shape index (κ2) is 7.26. The fraction of sp³-hybridized carbons (Fsp3) is 0.333. The van der Waals surface area contributed by atoms with Crippen LogP contribution in [0.1, 0.15) is 22.3 Å². The smallest absolute Gasteiger partial charge is 0.328 e. The van der Waals surface area contributed by atoms with Crippen molar-refractivity contribution in [2.24, 2.45) is 5.92 Å². The zero-order valence-corrected chi connectivity index (χ0v) is 12.2. The van der Waals surface area contributed by atoms with E-state index >= 15 is 0 Å². The molecule has 1 unspecified atom stereocenters. The van der Waals surface area contributed by atoms with Crippen LogP contribution in [0.4, 0.5) is 4.39 Å². The second-order valence-electron chi connectivity index (χ2n) is 4.85. The minimum absolute atomic E-state index is 0.140. The molecule has 6 heteroatoms. The van der Waals surface area contributed by atoms with Crippen molar-refractivity contribution in [3.63, 3.8) is 0 Å². The standard InChI is InChI=1S/C15H16FNO3S/c16-13-7-12(2-1-11(13)3-4-14(18)19)15(20)17-8-10-5-6-21-9-10/h1-4,7,10H,5-6,8-9H2,(H,17,20)(H,18,19)/b4-3+. The van der Waals surface area contributed by atoms with Gasteiger partial charge >= 0.3 is 5.97 Å². The first-order valence-electron chi connectivity index (χ1n) is 6.63. The number of halogens is 1. The summed E-state index contributed by atoms with van der Waals surface area (Å²) >= 11 is 1.87. The molecule has 1 heterocycles. The van der Waals surface area contributed by atoms with E-state index in [4.69, 9.17) is 5.11 Å². The summed E-state index contributed by atoms with van der Waals surface area (Å²) in [7, 11) is 0. The van der Waals surface area contributed by atoms with Crippen LogP contribution in [0.5, 0.6) is 0 Å². The van der Waals surface area contributed by atoms with E-state index < -0.39 is 11.8 Å². The molecule has 0 radical (unpaired) electrons. The zero-order valence-electron chi connectivity index (χ0n) is 11.3. The Labute approximate surface area is 126 Å². The van der Waals surface area contributed by atoms with Gasteiger partial charge in [0.25, 0.3) is 5.91 Å². The lowest BCUT2D eigenvalue weighted by atomic mass is 10.1. The molecule has 1 aliphatic heterocycles. The molecule has 1 aromatic carbocycles. The minimum Gasteiger partial charge on any atom is -0.478 e. The van der Waals surface area contributed by atoms with Gasteiger partial charge in [-0.3, -0.25) is 4.79 Å². The topological polar surface area (TPSA) is 66.4 Å². The third kappa shape index (κ3) is 4.60. The maximum absolute atomic E-state index is 13.8. The van der Waals surface area contributed by atoms with Crippen LogP contribution < -0.4 is 5.32 Å². The van der Waals surface area contributed by atoms with Gasteiger partial charge in [-0.25, -0.2) is 9.18 Å². The summed E-state index contributed by atoms with van der Waals surface area (Å²) in [6.07, 6.45) is 3.11. The van der Waals surface area contributed by atoms with Gasteiger partial charge in [0.15, 0.2) is 0 Å². The van der Waals surface area contributed by atoms with Crippen LogP contribution in [0.15, 0.2) is 24.3 Å². The van der Waals surface area contributed by atoms with Crippen molar-refractivity contribution in [1.82, 2.24) is 5.32 Å². The highest BCUT2D eigenvalue weighted by atomic mass is 32.2. The van der Waals surface area contributed by atoms with Crippen molar-refractivity contribution < 1.29 is 19.1 Å². The highest BCUT2D eigenvalue weighted by Gasteiger charge is 2.17. The van der Waals surface area contributed by atoms with Crippen LogP contribution in [0.25, 0.3) is 6.08 Å². The summed E-state index contributed by atoms with van der Waals surface area (Å²) in [5.74, 6) is 0.594. The van der Waals surface area contributed by atoms with Crippen molar-refractivity contribution >= 4 is 29.7 Å². The Balaban J connectivity index is 1.98. The van der Waals surface area contributed by atoms with Gasteiger partial charge in [0, 0.05) is 23.7 Å². The van der Waals surface area contributed by atoms with E-state index in [1.165, 1.54) is 12.1 Å². The van der Waals surface area contributed by atoms with Crippen LogP contribution in [0.3, 0.4) is 0 Å². The molecule has 0 spiro atoms. The molecule has 1 atom stereocenters. The first-order chi connectivity index (χ1) is 10.1. The van der Waals surface area contributed by atoms with Crippen molar-refractivity contribution in [2.45, 2.75) is 6.42 Å². The summed E-state index contributed by atoms with van der Waals surface area (Å²) in [6.45, 7) is 0.605. The average molecular weight is 309 g/mol. The van der Waals surface area contributed by atoms with E-state index in [9.17, 15) is 14.0 Å². The van der Waals surface area contributed by atoms with E-state index in [0.29, 0.717) is 12.5 Å². The van der Waals surface area contributed by atoms with Crippen molar-refractivity contribution in [3.05, 3.63) is 41.2 Å². The third-order valence-electron chi connectivity index (χ3n) is 3.24. The molecule has 1 amide bonds. The number of hydrogen-bond donors (Lipinski definition) is 2. The molecule has 1 aromatic rings. The van der Waals surface area contributed by atoms with E-state index in [1.807, 2.05) is 11.8 Å². The summed E-state index contributed by atoms with van der Waals surface area (Å²) in [6, 6.07) is 4.01. The molecular formula is C15H16FNO3S. The Morgan fingerprint density at radius 1 is 1.48 bits per heavy atom. The Morgan fingerprint density at radius 3 is 2.90 bits per heavy atom. The van der Waals surface area contributed by atoms with Gasteiger partial charge in [0.05, 0.1) is 0 Å². The predicted octanol–water partition coefficient (Wildman–Crippen LogP) is 2.41. The SMILES string of the molecule is O=C(O)/C=C/c1ccc(C(=O)NCC2CCSC2)cc1F. The number of carboxylic acids is 1. The molecule has 21 heavy (non-hydrogen) atoms. The number of amides is 1. The predicted molar refractivity (Wildman–Crippen MR) is 80.8 cm³/mol. The molecule has 1 aliphatic rings. The molecular weight excluding hydrogens is 293 g/mol. The maximum Gasteiger partial charge on any atom is 0.328 e. The monoisotopic (exact) mass is 309 g/mol. The summed E-state index contributed by atoms with van der Waals surface area (Å²) in [5.41, 5.74) is 0.381. The number of aliphatic carboxylic acids is 1. The molecule has 0 aliphatic carbocycles. The second-order valence-corrected chi connectivity index (χ2v) is 6.00. The molecule has 2 rings (SSSR count). The maximum atomic E-state index is 13.8. The number of benzene rings is 1.